The molecule has 51 heavy (non-hydrogen) atoms. The van der Waals surface area contributed by atoms with Crippen LogP contribution in [0.4, 0.5) is 21.8 Å². The fraction of sp³-hybridized carbons (Fsp3) is 0.487. The van der Waals surface area contributed by atoms with Crippen LogP contribution in [-0.4, -0.2) is 80.9 Å². The third-order valence-electron chi connectivity index (χ3n) is 11.2. The average molecular weight is 695 g/mol. The van der Waals surface area contributed by atoms with Gasteiger partial charge in [0.05, 0.1) is 23.5 Å². The highest BCUT2D eigenvalue weighted by Crippen LogP contribution is 2.36. The summed E-state index contributed by atoms with van der Waals surface area (Å²) in [7, 11) is 0. The van der Waals surface area contributed by atoms with E-state index < -0.39 is 5.67 Å². The van der Waals surface area contributed by atoms with Crippen LogP contribution >= 0.6 is 0 Å². The molecule has 1 atom stereocenters. The predicted molar refractivity (Wildman–Crippen MR) is 195 cm³/mol. The van der Waals surface area contributed by atoms with Gasteiger partial charge in [0.15, 0.2) is 6.29 Å². The number of halogens is 1. The summed E-state index contributed by atoms with van der Waals surface area (Å²) in [6.45, 7) is 5.26. The fourth-order valence-electron chi connectivity index (χ4n) is 8.15. The van der Waals surface area contributed by atoms with Crippen molar-refractivity contribution in [2.75, 3.05) is 36.4 Å². The Morgan fingerprint density at radius 1 is 1.04 bits per heavy atom. The van der Waals surface area contributed by atoms with Crippen LogP contribution in [-0.2, 0) is 16.0 Å². The highest BCUT2D eigenvalue weighted by atomic mass is 19.1. The van der Waals surface area contributed by atoms with Crippen LogP contribution in [0, 0.1) is 0 Å². The number of piperidine rings is 1. The standard InChI is InChI=1S/C39H47FN8O3/c1-2-6-34(37(51)43-26-50)28-8-5-7-27(19-28)13-14-39(40)15-17-46(18-16-39)33-23-47(24-33)31-11-12-35(41-22-31)44-38-42-21-29-20-32(25-49)48(36(29)45-38)30-9-3-4-10-30/h5,7-8,11-12,19-22,25-26,30,33-34H,2-4,6,9-10,13-18,23-24H2,1H3,(H,43,50,51)(H,41,42,44,45). The fourth-order valence-corrected chi connectivity index (χ4v) is 8.15. The van der Waals surface area contributed by atoms with E-state index in [0.717, 1.165) is 92.4 Å². The Kier molecular flexibility index (Phi) is 10.4. The average Bonchev–Trinajstić information content (AvgIpc) is 3.79. The molecule has 11 nitrogen and oxygen atoms in total. The number of alkyl halides is 1. The van der Waals surface area contributed by atoms with Gasteiger partial charge in [-0.2, -0.15) is 4.98 Å². The number of nitrogens with zero attached hydrogens (tertiary/aromatic N) is 6. The molecule has 2 amide bonds. The number of nitrogens with one attached hydrogen (secondary N) is 2. The van der Waals surface area contributed by atoms with Gasteiger partial charge in [-0.15, -0.1) is 0 Å². The van der Waals surface area contributed by atoms with Crippen molar-refractivity contribution in [3.05, 3.63) is 71.7 Å². The van der Waals surface area contributed by atoms with Crippen LogP contribution in [0.2, 0.25) is 0 Å². The Balaban J connectivity index is 0.887. The summed E-state index contributed by atoms with van der Waals surface area (Å²) < 4.78 is 18.0. The van der Waals surface area contributed by atoms with E-state index in [9.17, 15) is 14.4 Å². The Morgan fingerprint density at radius 3 is 2.55 bits per heavy atom. The van der Waals surface area contributed by atoms with Crippen molar-refractivity contribution in [3.8, 4) is 0 Å². The van der Waals surface area contributed by atoms with Crippen LogP contribution in [0.15, 0.2) is 54.9 Å². The molecule has 0 spiro atoms. The van der Waals surface area contributed by atoms with Gasteiger partial charge in [-0.1, -0.05) is 50.5 Å². The Labute approximate surface area is 298 Å². The van der Waals surface area contributed by atoms with Crippen LogP contribution in [0.5, 0.6) is 0 Å². The van der Waals surface area contributed by atoms with E-state index in [1.165, 1.54) is 0 Å². The minimum absolute atomic E-state index is 0.291. The van der Waals surface area contributed by atoms with E-state index in [2.05, 4.69) is 35.0 Å². The molecule has 2 N–H and O–H groups in total. The summed E-state index contributed by atoms with van der Waals surface area (Å²) in [6, 6.07) is 14.4. The first kappa shape index (κ1) is 34.7. The maximum atomic E-state index is 16.0. The highest BCUT2D eigenvalue weighted by molar-refractivity contribution is 5.91. The number of hydrogen-bond donors (Lipinski definition) is 2. The van der Waals surface area contributed by atoms with E-state index in [-0.39, 0.29) is 11.8 Å². The predicted octanol–water partition coefficient (Wildman–Crippen LogP) is 6.28. The molecule has 2 saturated heterocycles. The molecule has 4 aromatic rings. The van der Waals surface area contributed by atoms with Gasteiger partial charge in [0.2, 0.25) is 18.3 Å². The van der Waals surface area contributed by atoms with Gasteiger partial charge >= 0.3 is 0 Å². The first-order chi connectivity index (χ1) is 24.9. The zero-order chi connectivity index (χ0) is 35.4. The molecular weight excluding hydrogens is 647 g/mol. The number of hydrogen-bond acceptors (Lipinski definition) is 9. The number of benzene rings is 1. The lowest BCUT2D eigenvalue weighted by Gasteiger charge is -2.49. The number of anilines is 3. The van der Waals surface area contributed by atoms with Gasteiger partial charge < -0.3 is 14.8 Å². The Hall–Kier alpha value is -4.71. The third kappa shape index (κ3) is 7.66. The number of carbonyl (C=O) groups is 3. The van der Waals surface area contributed by atoms with E-state index in [1.807, 2.05) is 55.6 Å². The molecule has 2 aliphatic heterocycles. The smallest absolute Gasteiger partial charge is 0.233 e. The van der Waals surface area contributed by atoms with Gasteiger partial charge in [-0.25, -0.2) is 14.4 Å². The monoisotopic (exact) mass is 694 g/mol. The molecular formula is C39H47FN8O3. The summed E-state index contributed by atoms with van der Waals surface area (Å²) >= 11 is 0. The Bertz CT molecular complexity index is 1840. The molecule has 1 aliphatic carbocycles. The van der Waals surface area contributed by atoms with Gasteiger partial charge in [0, 0.05) is 49.8 Å². The van der Waals surface area contributed by atoms with Crippen molar-refractivity contribution >= 4 is 47.1 Å². The summed E-state index contributed by atoms with van der Waals surface area (Å²) in [6.07, 6.45) is 13.0. The highest BCUT2D eigenvalue weighted by Gasteiger charge is 2.39. The lowest BCUT2D eigenvalue weighted by atomic mass is 9.85. The molecule has 1 saturated carbocycles. The quantitative estimate of drug-likeness (QED) is 0.147. The molecule has 268 valence electrons. The number of amides is 2. The topological polar surface area (TPSA) is 125 Å². The van der Waals surface area contributed by atoms with Crippen molar-refractivity contribution < 1.29 is 18.8 Å². The largest absolute Gasteiger partial charge is 0.367 e. The Morgan fingerprint density at radius 2 is 1.84 bits per heavy atom. The van der Waals surface area contributed by atoms with Crippen molar-refractivity contribution in [1.29, 1.82) is 0 Å². The number of aromatic nitrogens is 4. The molecule has 3 aliphatic rings. The molecule has 3 fully saturated rings. The summed E-state index contributed by atoms with van der Waals surface area (Å²) in [5.74, 6) is 0.421. The molecule has 0 bridgehead atoms. The normalized spacial score (nSPS) is 18.7. The van der Waals surface area contributed by atoms with Crippen LogP contribution < -0.4 is 15.5 Å². The molecule has 12 heteroatoms. The van der Waals surface area contributed by atoms with E-state index in [1.54, 1.807) is 6.20 Å². The van der Waals surface area contributed by atoms with Crippen LogP contribution in [0.1, 0.15) is 98.3 Å². The zero-order valence-corrected chi connectivity index (χ0v) is 29.3. The second-order valence-electron chi connectivity index (χ2n) is 14.5. The summed E-state index contributed by atoms with van der Waals surface area (Å²) in [4.78, 5) is 53.7. The van der Waals surface area contributed by atoms with Gasteiger partial charge in [0.1, 0.15) is 17.1 Å². The molecule has 5 heterocycles. The van der Waals surface area contributed by atoms with Gasteiger partial charge in [-0.05, 0) is 74.3 Å². The first-order valence-corrected chi connectivity index (χ1v) is 18.4. The third-order valence-corrected chi connectivity index (χ3v) is 11.2. The van der Waals surface area contributed by atoms with E-state index >= 15 is 4.39 Å². The number of aryl methyl sites for hydroxylation is 1. The lowest BCUT2D eigenvalue weighted by molar-refractivity contribution is -0.126. The van der Waals surface area contributed by atoms with Crippen LogP contribution in [0.3, 0.4) is 0 Å². The molecule has 1 unspecified atom stereocenters. The van der Waals surface area contributed by atoms with E-state index in [0.29, 0.717) is 68.1 Å². The van der Waals surface area contributed by atoms with E-state index in [4.69, 9.17) is 4.98 Å². The minimum atomic E-state index is -1.20. The SMILES string of the molecule is CCCC(C(=O)NC=O)c1cccc(CCC2(F)CCN(C3CN(c4ccc(Nc5ncc6cc(C=O)n(C7CCCC7)c6n5)nc4)C3)CC2)c1. The van der Waals surface area contributed by atoms with Crippen LogP contribution in [0.25, 0.3) is 11.0 Å². The number of pyridine rings is 1. The molecule has 7 rings (SSSR count). The lowest BCUT2D eigenvalue weighted by Crippen LogP contribution is -2.62. The van der Waals surface area contributed by atoms with Crippen molar-refractivity contribution in [2.45, 2.75) is 94.8 Å². The number of rotatable bonds is 14. The number of fused-ring (bicyclic) bond motifs is 1. The maximum Gasteiger partial charge on any atom is 0.233 e. The molecule has 1 aromatic carbocycles. The van der Waals surface area contributed by atoms with Crippen molar-refractivity contribution in [2.24, 2.45) is 0 Å². The molecule has 0 radical (unpaired) electrons. The maximum absolute atomic E-state index is 16.0. The minimum Gasteiger partial charge on any atom is -0.367 e. The second kappa shape index (κ2) is 15.3. The number of likely N-dealkylation sites (tertiary alicyclic amines) is 1. The molecule has 3 aromatic heterocycles. The second-order valence-corrected chi connectivity index (χ2v) is 14.5. The van der Waals surface area contributed by atoms with Gasteiger partial charge in [-0.3, -0.25) is 24.6 Å². The van der Waals surface area contributed by atoms with Gasteiger partial charge in [0.25, 0.3) is 0 Å². The zero-order valence-electron chi connectivity index (χ0n) is 29.3. The first-order valence-electron chi connectivity index (χ1n) is 18.4. The summed E-state index contributed by atoms with van der Waals surface area (Å²) in [5.41, 5.74) is 3.16. The van der Waals surface area contributed by atoms with Crippen molar-refractivity contribution in [3.63, 3.8) is 0 Å². The number of aldehydes is 1. The number of imide groups is 1. The summed E-state index contributed by atoms with van der Waals surface area (Å²) in [5, 5.41) is 6.38. The number of carbonyl (C=O) groups excluding carboxylic acids is 3. The van der Waals surface area contributed by atoms with Crippen molar-refractivity contribution in [1.82, 2.24) is 29.7 Å².